The molecule has 3 saturated carbocycles. The van der Waals surface area contributed by atoms with Gasteiger partial charge in [-0.2, -0.15) is 5.06 Å². The molecular weight excluding hydrogens is 624 g/mol. The van der Waals surface area contributed by atoms with E-state index < -0.39 is 71.6 Å². The highest BCUT2D eigenvalue weighted by Gasteiger charge is 2.78. The average Bonchev–Trinajstić information content (AvgIpc) is 4.00. The monoisotopic (exact) mass is 668 g/mol. The van der Waals surface area contributed by atoms with Crippen molar-refractivity contribution in [3.63, 3.8) is 0 Å². The highest BCUT2D eigenvalue weighted by atomic mass is 16.8. The highest BCUT2D eigenvalue weighted by Crippen LogP contribution is 2.63. The predicted octanol–water partition coefficient (Wildman–Crippen LogP) is -0.138. The van der Waals surface area contributed by atoms with Crippen molar-refractivity contribution in [1.29, 1.82) is 0 Å². The normalized spacial score (nSPS) is 33.1. The van der Waals surface area contributed by atoms with Crippen LogP contribution >= 0.6 is 0 Å². The number of aliphatic hydroxyl groups excluding tert-OH is 2. The Labute approximate surface area is 278 Å². The topological polar surface area (TPSA) is 176 Å². The lowest BCUT2D eigenvalue weighted by Crippen LogP contribution is -2.71. The molecule has 3 aliphatic heterocycles. The quantitative estimate of drug-likeness (QED) is 0.172. The van der Waals surface area contributed by atoms with Gasteiger partial charge in [-0.15, -0.1) is 0 Å². The molecule has 1 aromatic rings. The SMILES string of the molecule is C[C@H](O)[C@@H](NC(=O)[C@@]12C[C@H]3OC(=O)[C@@H]1N(Cc1ccccc1C=CC(=O)N(C)C)O[C@@H]2[C@H]1OC(C2CC2)(C2CC2)O[C@H]13)C(=O)NCCO. The van der Waals surface area contributed by atoms with Gasteiger partial charge in [0.15, 0.2) is 11.8 Å². The summed E-state index contributed by atoms with van der Waals surface area (Å²) in [6.07, 6.45) is 2.65. The fourth-order valence-electron chi connectivity index (χ4n) is 7.96. The number of fused-ring (bicyclic) bond motifs is 4. The molecule has 6 fully saturated rings. The van der Waals surface area contributed by atoms with Crippen molar-refractivity contribution in [2.75, 3.05) is 27.2 Å². The molecule has 7 rings (SSSR count). The highest BCUT2D eigenvalue weighted by molar-refractivity contribution is 5.96. The van der Waals surface area contributed by atoms with Crippen molar-refractivity contribution in [2.24, 2.45) is 17.3 Å². The van der Waals surface area contributed by atoms with Crippen LogP contribution in [0.5, 0.6) is 0 Å². The van der Waals surface area contributed by atoms with E-state index >= 15 is 0 Å². The van der Waals surface area contributed by atoms with E-state index in [1.807, 2.05) is 24.3 Å². The van der Waals surface area contributed by atoms with Crippen molar-refractivity contribution in [3.8, 4) is 0 Å². The number of hydrogen-bond donors (Lipinski definition) is 4. The van der Waals surface area contributed by atoms with Gasteiger partial charge in [0.25, 0.3) is 0 Å². The van der Waals surface area contributed by atoms with Gasteiger partial charge in [-0.3, -0.25) is 24.0 Å². The minimum Gasteiger partial charge on any atom is -0.458 e. The van der Waals surface area contributed by atoms with Crippen LogP contribution in [-0.2, 0) is 44.8 Å². The summed E-state index contributed by atoms with van der Waals surface area (Å²) >= 11 is 0. The molecule has 14 nitrogen and oxygen atoms in total. The van der Waals surface area contributed by atoms with Crippen LogP contribution in [0.4, 0.5) is 0 Å². The molecule has 3 amide bonds. The molecule has 4 N–H and O–H groups in total. The number of benzene rings is 1. The lowest BCUT2D eigenvalue weighted by molar-refractivity contribution is -0.235. The maximum Gasteiger partial charge on any atom is 0.327 e. The minimum atomic E-state index is -1.55. The standard InChI is InChI=1S/C34H44N4O10/c1-18(40)25(30(42)35-14-15-39)36-32(44)33-16-23-26-27(47-34(46-26,21-9-10-21)22-11-12-22)29(33)48-38(28(33)31(43)45-23)17-20-7-5-4-6-19(20)8-13-24(41)37(2)3/h4-8,13,18,21-23,25-29,39-40H,9-12,14-17H2,1-3H3,(H,35,42)(H,36,44)/t18-,23+,25+,26-,27-,28-,29+,33-/m0/s1. The molecule has 2 bridgehead atoms. The molecule has 0 unspecified atom stereocenters. The smallest absolute Gasteiger partial charge is 0.327 e. The number of rotatable bonds is 12. The average molecular weight is 669 g/mol. The molecule has 48 heavy (non-hydrogen) atoms. The number of aliphatic hydroxyl groups is 2. The maximum atomic E-state index is 14.7. The first kappa shape index (κ1) is 33.1. The summed E-state index contributed by atoms with van der Waals surface area (Å²) in [5.41, 5.74) is -0.0922. The number of carbonyl (C=O) groups excluding carboxylic acids is 4. The van der Waals surface area contributed by atoms with Gasteiger partial charge < -0.3 is 40.0 Å². The number of likely N-dealkylation sites (N-methyl/N-ethyl adjacent to an activating group) is 1. The fourth-order valence-corrected chi connectivity index (χ4v) is 7.96. The zero-order valence-corrected chi connectivity index (χ0v) is 27.4. The second kappa shape index (κ2) is 12.5. The molecule has 260 valence electrons. The Morgan fingerprint density at radius 3 is 2.44 bits per heavy atom. The minimum absolute atomic E-state index is 0.0625. The van der Waals surface area contributed by atoms with Gasteiger partial charge >= 0.3 is 5.97 Å². The first-order valence-corrected chi connectivity index (χ1v) is 16.8. The van der Waals surface area contributed by atoms with Crippen LogP contribution in [0.25, 0.3) is 6.08 Å². The summed E-state index contributed by atoms with van der Waals surface area (Å²) in [7, 11) is 3.32. The van der Waals surface area contributed by atoms with Crippen LogP contribution in [-0.4, -0.2) is 120 Å². The first-order chi connectivity index (χ1) is 23.0. The van der Waals surface area contributed by atoms with Gasteiger partial charge in [0.05, 0.1) is 19.3 Å². The van der Waals surface area contributed by atoms with E-state index in [4.69, 9.17) is 19.0 Å². The third-order valence-corrected chi connectivity index (χ3v) is 10.6. The van der Waals surface area contributed by atoms with Crippen LogP contribution in [0.1, 0.15) is 50.2 Å². The molecule has 3 saturated heterocycles. The zero-order valence-electron chi connectivity index (χ0n) is 27.4. The molecule has 1 aromatic carbocycles. The van der Waals surface area contributed by atoms with Crippen LogP contribution in [0.3, 0.4) is 0 Å². The van der Waals surface area contributed by atoms with Gasteiger partial charge in [0, 0.05) is 45.0 Å². The summed E-state index contributed by atoms with van der Waals surface area (Å²) in [6.45, 7) is 1.07. The Bertz CT molecular complexity index is 1480. The van der Waals surface area contributed by atoms with Gasteiger partial charge in [-0.1, -0.05) is 24.3 Å². The Morgan fingerprint density at radius 2 is 1.79 bits per heavy atom. The van der Waals surface area contributed by atoms with Gasteiger partial charge in [-0.25, -0.2) is 0 Å². The molecule has 3 heterocycles. The molecule has 3 aliphatic carbocycles. The fraction of sp³-hybridized carbons (Fsp3) is 0.647. The van der Waals surface area contributed by atoms with E-state index in [2.05, 4.69) is 10.6 Å². The number of nitrogens with zero attached hydrogens (tertiary/aromatic N) is 2. The van der Waals surface area contributed by atoms with Crippen LogP contribution in [0.15, 0.2) is 30.3 Å². The van der Waals surface area contributed by atoms with Gasteiger partial charge in [0.1, 0.15) is 35.9 Å². The van der Waals surface area contributed by atoms with Gasteiger partial charge in [0.2, 0.25) is 17.7 Å². The maximum absolute atomic E-state index is 14.7. The summed E-state index contributed by atoms with van der Waals surface area (Å²) < 4.78 is 19.7. The molecular formula is C34H44N4O10. The number of carbonyl (C=O) groups is 4. The second-order valence-corrected chi connectivity index (χ2v) is 14.1. The van der Waals surface area contributed by atoms with Crippen LogP contribution in [0, 0.1) is 17.3 Å². The van der Waals surface area contributed by atoms with Crippen molar-refractivity contribution >= 4 is 29.8 Å². The number of ether oxygens (including phenoxy) is 3. The summed E-state index contributed by atoms with van der Waals surface area (Å²) in [6, 6.07) is 4.80. The van der Waals surface area contributed by atoms with Crippen molar-refractivity contribution < 1.29 is 48.4 Å². The third kappa shape index (κ3) is 5.52. The largest absolute Gasteiger partial charge is 0.458 e. The Balaban J connectivity index is 1.26. The van der Waals surface area contributed by atoms with E-state index in [1.54, 1.807) is 20.2 Å². The second-order valence-electron chi connectivity index (χ2n) is 14.1. The van der Waals surface area contributed by atoms with Crippen LogP contribution in [0.2, 0.25) is 0 Å². The van der Waals surface area contributed by atoms with E-state index in [-0.39, 0.29) is 43.9 Å². The molecule has 0 radical (unpaired) electrons. The lowest BCUT2D eigenvalue weighted by Gasteiger charge is -2.49. The third-order valence-electron chi connectivity index (χ3n) is 10.6. The zero-order chi connectivity index (χ0) is 34.0. The van der Waals surface area contributed by atoms with E-state index in [9.17, 15) is 29.4 Å². The number of amides is 3. The molecule has 14 heteroatoms. The van der Waals surface area contributed by atoms with Crippen molar-refractivity contribution in [2.45, 2.75) is 94.0 Å². The van der Waals surface area contributed by atoms with Crippen LogP contribution < -0.4 is 10.6 Å². The number of nitrogens with one attached hydrogen (secondary N) is 2. The van der Waals surface area contributed by atoms with Crippen molar-refractivity contribution in [1.82, 2.24) is 20.6 Å². The summed E-state index contributed by atoms with van der Waals surface area (Å²) in [5, 5.41) is 26.5. The Kier molecular flexibility index (Phi) is 8.61. The predicted molar refractivity (Wildman–Crippen MR) is 167 cm³/mol. The molecule has 0 aromatic heterocycles. The van der Waals surface area contributed by atoms with E-state index in [1.165, 1.54) is 23.0 Å². The summed E-state index contributed by atoms with van der Waals surface area (Å²) in [5.74, 6) is -2.58. The molecule has 8 atom stereocenters. The van der Waals surface area contributed by atoms with E-state index in [0.29, 0.717) is 0 Å². The summed E-state index contributed by atoms with van der Waals surface area (Å²) in [4.78, 5) is 62.1. The lowest BCUT2D eigenvalue weighted by atomic mass is 9.62. The van der Waals surface area contributed by atoms with Crippen molar-refractivity contribution in [3.05, 3.63) is 41.5 Å². The Morgan fingerprint density at radius 1 is 1.10 bits per heavy atom. The van der Waals surface area contributed by atoms with E-state index in [0.717, 1.165) is 36.8 Å². The number of hydrogen-bond acceptors (Lipinski definition) is 11. The molecule has 0 spiro atoms. The number of esters is 1. The Hall–Kier alpha value is -3.40. The number of hydroxylamine groups is 2. The molecule has 6 aliphatic rings. The first-order valence-electron chi connectivity index (χ1n) is 16.8. The van der Waals surface area contributed by atoms with Gasteiger partial charge in [-0.05, 0) is 49.8 Å².